The van der Waals surface area contributed by atoms with Gasteiger partial charge in [-0.25, -0.2) is 4.79 Å². The van der Waals surface area contributed by atoms with Crippen molar-refractivity contribution in [2.45, 2.75) is 6.61 Å². The smallest absolute Gasteiger partial charge is 0.341 e. The first kappa shape index (κ1) is 15.7. The Morgan fingerprint density at radius 2 is 1.67 bits per heavy atom. The Hall–Kier alpha value is -1.73. The Balaban J connectivity index is 2.12. The molecule has 0 aliphatic heterocycles. The highest BCUT2D eigenvalue weighted by Crippen LogP contribution is 2.32. The SMILES string of the molecule is N#Cc1ccc(COC(=O)c2c(Cl)ccc(Cl)c2Cl)cc1. The van der Waals surface area contributed by atoms with E-state index in [-0.39, 0.29) is 27.2 Å². The molecule has 0 spiro atoms. The molecule has 0 aliphatic carbocycles. The number of carbonyl (C=O) groups excluding carboxylic acids is 1. The second-order valence-electron chi connectivity index (χ2n) is 4.10. The second-order valence-corrected chi connectivity index (χ2v) is 5.30. The molecule has 2 aromatic rings. The molecule has 0 amide bonds. The molecule has 0 heterocycles. The van der Waals surface area contributed by atoms with Crippen molar-refractivity contribution in [3.8, 4) is 6.07 Å². The number of carbonyl (C=O) groups is 1. The summed E-state index contributed by atoms with van der Waals surface area (Å²) in [7, 11) is 0. The highest BCUT2D eigenvalue weighted by atomic mass is 35.5. The van der Waals surface area contributed by atoms with E-state index in [9.17, 15) is 4.79 Å². The van der Waals surface area contributed by atoms with Crippen LogP contribution >= 0.6 is 34.8 Å². The quantitative estimate of drug-likeness (QED) is 0.591. The van der Waals surface area contributed by atoms with Gasteiger partial charge in [0.1, 0.15) is 6.61 Å². The summed E-state index contributed by atoms with van der Waals surface area (Å²) in [6, 6.07) is 11.7. The third-order valence-electron chi connectivity index (χ3n) is 2.70. The molecule has 6 heteroatoms. The molecule has 3 nitrogen and oxygen atoms in total. The number of hydrogen-bond donors (Lipinski definition) is 0. The van der Waals surface area contributed by atoms with Gasteiger partial charge < -0.3 is 4.74 Å². The van der Waals surface area contributed by atoms with Crippen molar-refractivity contribution in [3.63, 3.8) is 0 Å². The van der Waals surface area contributed by atoms with Gasteiger partial charge in [-0.15, -0.1) is 0 Å². The fourth-order valence-corrected chi connectivity index (χ4v) is 2.29. The van der Waals surface area contributed by atoms with Crippen LogP contribution in [-0.2, 0) is 11.3 Å². The number of nitrogens with zero attached hydrogens (tertiary/aromatic N) is 1. The number of rotatable bonds is 3. The monoisotopic (exact) mass is 339 g/mol. The van der Waals surface area contributed by atoms with Crippen molar-refractivity contribution in [2.75, 3.05) is 0 Å². The molecule has 0 unspecified atom stereocenters. The first-order valence-electron chi connectivity index (χ1n) is 5.82. The zero-order valence-corrected chi connectivity index (χ0v) is 12.8. The van der Waals surface area contributed by atoms with Gasteiger partial charge in [-0.3, -0.25) is 0 Å². The molecule has 0 saturated heterocycles. The summed E-state index contributed by atoms with van der Waals surface area (Å²) in [5.74, 6) is -0.656. The third kappa shape index (κ3) is 3.68. The van der Waals surface area contributed by atoms with E-state index in [4.69, 9.17) is 44.8 Å². The van der Waals surface area contributed by atoms with Crippen LogP contribution in [0.2, 0.25) is 15.1 Å². The summed E-state index contributed by atoms with van der Waals surface area (Å²) in [5, 5.41) is 9.17. The maximum atomic E-state index is 12.0. The highest BCUT2D eigenvalue weighted by Gasteiger charge is 2.18. The Kier molecular flexibility index (Phi) is 5.08. The van der Waals surface area contributed by atoms with Crippen molar-refractivity contribution in [1.82, 2.24) is 0 Å². The number of benzene rings is 2. The highest BCUT2D eigenvalue weighted by molar-refractivity contribution is 6.46. The van der Waals surface area contributed by atoms with Gasteiger partial charge in [0.15, 0.2) is 0 Å². The van der Waals surface area contributed by atoms with E-state index >= 15 is 0 Å². The van der Waals surface area contributed by atoms with E-state index in [1.165, 1.54) is 12.1 Å². The average molecular weight is 341 g/mol. The molecule has 0 aromatic heterocycles. The van der Waals surface area contributed by atoms with Crippen LogP contribution in [0.4, 0.5) is 0 Å². The van der Waals surface area contributed by atoms with Gasteiger partial charge in [0, 0.05) is 0 Å². The minimum absolute atomic E-state index is 0.0412. The zero-order valence-electron chi connectivity index (χ0n) is 10.6. The van der Waals surface area contributed by atoms with Crippen LogP contribution in [0.5, 0.6) is 0 Å². The van der Waals surface area contributed by atoms with Gasteiger partial charge in [-0.2, -0.15) is 5.26 Å². The van der Waals surface area contributed by atoms with Gasteiger partial charge in [0.2, 0.25) is 0 Å². The van der Waals surface area contributed by atoms with Gasteiger partial charge in [-0.05, 0) is 29.8 Å². The molecule has 106 valence electrons. The van der Waals surface area contributed by atoms with E-state index in [1.807, 2.05) is 6.07 Å². The fourth-order valence-electron chi connectivity index (χ4n) is 1.61. The van der Waals surface area contributed by atoms with E-state index < -0.39 is 5.97 Å². The van der Waals surface area contributed by atoms with Crippen LogP contribution in [0.15, 0.2) is 36.4 Å². The Morgan fingerprint density at radius 1 is 1.05 bits per heavy atom. The van der Waals surface area contributed by atoms with Crippen LogP contribution in [0.1, 0.15) is 21.5 Å². The molecule has 2 aromatic carbocycles. The molecular weight excluding hydrogens is 333 g/mol. The summed E-state index contributed by atoms with van der Waals surface area (Å²) < 4.78 is 5.15. The predicted molar refractivity (Wildman–Crippen MR) is 81.7 cm³/mol. The van der Waals surface area contributed by atoms with Crippen LogP contribution in [-0.4, -0.2) is 5.97 Å². The lowest BCUT2D eigenvalue weighted by molar-refractivity contribution is 0.0473. The summed E-state index contributed by atoms with van der Waals surface area (Å²) in [4.78, 5) is 12.0. The van der Waals surface area contributed by atoms with Crippen molar-refractivity contribution in [2.24, 2.45) is 0 Å². The van der Waals surface area contributed by atoms with Crippen LogP contribution in [0, 0.1) is 11.3 Å². The molecule has 0 aliphatic rings. The number of esters is 1. The van der Waals surface area contributed by atoms with E-state index in [1.54, 1.807) is 24.3 Å². The summed E-state index contributed by atoms with van der Waals surface area (Å²) in [5.41, 5.74) is 1.32. The number of hydrogen-bond acceptors (Lipinski definition) is 3. The minimum Gasteiger partial charge on any atom is -0.457 e. The van der Waals surface area contributed by atoms with E-state index in [0.717, 1.165) is 5.56 Å². The first-order chi connectivity index (χ1) is 10.0. The molecule has 0 bridgehead atoms. The Morgan fingerprint density at radius 3 is 2.29 bits per heavy atom. The standard InChI is InChI=1S/C15H8Cl3NO2/c16-11-5-6-12(17)14(18)13(11)15(20)21-8-10-3-1-9(7-19)2-4-10/h1-6H,8H2. The molecular formula is C15H8Cl3NO2. The fraction of sp³-hybridized carbons (Fsp3) is 0.0667. The maximum absolute atomic E-state index is 12.0. The summed E-state index contributed by atoms with van der Waals surface area (Å²) in [6.45, 7) is 0.0454. The second kappa shape index (κ2) is 6.82. The maximum Gasteiger partial charge on any atom is 0.341 e. The number of ether oxygens (including phenoxy) is 1. The topological polar surface area (TPSA) is 50.1 Å². The summed E-state index contributed by atoms with van der Waals surface area (Å²) >= 11 is 17.8. The number of halogens is 3. The van der Waals surface area contributed by atoms with Crippen molar-refractivity contribution in [3.05, 3.63) is 68.2 Å². The zero-order chi connectivity index (χ0) is 15.4. The normalized spacial score (nSPS) is 10.0. The Labute approximate surface area is 136 Å². The summed E-state index contributed by atoms with van der Waals surface area (Å²) in [6.07, 6.45) is 0. The lowest BCUT2D eigenvalue weighted by Gasteiger charge is -2.09. The van der Waals surface area contributed by atoms with E-state index in [2.05, 4.69) is 0 Å². The van der Waals surface area contributed by atoms with Crippen LogP contribution in [0.3, 0.4) is 0 Å². The van der Waals surface area contributed by atoms with Crippen molar-refractivity contribution < 1.29 is 9.53 Å². The van der Waals surface area contributed by atoms with Gasteiger partial charge in [0.05, 0.1) is 32.3 Å². The first-order valence-corrected chi connectivity index (χ1v) is 6.96. The molecule has 0 saturated carbocycles. The molecule has 21 heavy (non-hydrogen) atoms. The molecule has 0 atom stereocenters. The largest absolute Gasteiger partial charge is 0.457 e. The molecule has 0 N–H and O–H groups in total. The van der Waals surface area contributed by atoms with Crippen LogP contribution in [0.25, 0.3) is 0 Å². The third-order valence-corrected chi connectivity index (χ3v) is 3.82. The predicted octanol–water partition coefficient (Wildman–Crippen LogP) is 4.88. The van der Waals surface area contributed by atoms with Crippen LogP contribution < -0.4 is 0 Å². The average Bonchev–Trinajstić information content (AvgIpc) is 2.50. The molecule has 0 fully saturated rings. The molecule has 2 rings (SSSR count). The number of nitriles is 1. The lowest BCUT2D eigenvalue weighted by atomic mass is 10.1. The minimum atomic E-state index is -0.656. The van der Waals surface area contributed by atoms with Crippen molar-refractivity contribution >= 4 is 40.8 Å². The van der Waals surface area contributed by atoms with Crippen molar-refractivity contribution in [1.29, 1.82) is 5.26 Å². The van der Waals surface area contributed by atoms with Gasteiger partial charge in [-0.1, -0.05) is 46.9 Å². The molecule has 0 radical (unpaired) electrons. The van der Waals surface area contributed by atoms with E-state index in [0.29, 0.717) is 5.56 Å². The van der Waals surface area contributed by atoms with Gasteiger partial charge >= 0.3 is 5.97 Å². The Bertz CT molecular complexity index is 721. The lowest BCUT2D eigenvalue weighted by Crippen LogP contribution is -2.07. The van der Waals surface area contributed by atoms with Gasteiger partial charge in [0.25, 0.3) is 0 Å².